The first-order chi connectivity index (χ1) is 8.51. The van der Waals surface area contributed by atoms with E-state index in [0.29, 0.717) is 5.58 Å². The molecule has 19 heavy (non-hydrogen) atoms. The Kier molecular flexibility index (Phi) is 2.81. The lowest BCUT2D eigenvalue weighted by Crippen LogP contribution is -2.22. The molecule has 2 aromatic rings. The first kappa shape index (κ1) is 13.7. The van der Waals surface area contributed by atoms with Crippen LogP contribution in [0.3, 0.4) is 0 Å². The molecule has 0 spiro atoms. The van der Waals surface area contributed by atoms with Crippen molar-refractivity contribution in [1.29, 1.82) is 0 Å². The normalized spacial score (nSPS) is 13.2. The second kappa shape index (κ2) is 3.89. The number of phenols is 1. The van der Waals surface area contributed by atoms with Crippen molar-refractivity contribution in [3.63, 3.8) is 0 Å². The van der Waals surface area contributed by atoms with Gasteiger partial charge >= 0.3 is 5.82 Å². The Labute approximate surface area is 112 Å². The molecule has 0 fully saturated rings. The van der Waals surface area contributed by atoms with Crippen molar-refractivity contribution in [2.75, 3.05) is 0 Å². The van der Waals surface area contributed by atoms with Crippen LogP contribution < -0.4 is 5.82 Å². The highest BCUT2D eigenvalue weighted by molar-refractivity contribution is 5.83. The van der Waals surface area contributed by atoms with E-state index in [0.717, 1.165) is 11.1 Å². The van der Waals surface area contributed by atoms with Gasteiger partial charge < -0.3 is 13.9 Å². The van der Waals surface area contributed by atoms with Crippen LogP contribution in [0.4, 0.5) is 0 Å². The molecule has 0 aliphatic rings. The van der Waals surface area contributed by atoms with Crippen LogP contribution in [0.15, 0.2) is 19.7 Å². The van der Waals surface area contributed by atoms with E-state index in [1.807, 2.05) is 20.8 Å². The van der Waals surface area contributed by atoms with Crippen LogP contribution in [-0.4, -0.2) is 5.11 Å². The van der Waals surface area contributed by atoms with E-state index in [-0.39, 0.29) is 22.2 Å². The molecule has 0 unspecified atom stereocenters. The molecule has 1 aromatic heterocycles. The fourth-order valence-electron chi connectivity index (χ4n) is 2.35. The van der Waals surface area contributed by atoms with Crippen molar-refractivity contribution in [1.82, 2.24) is 0 Å². The average Bonchev–Trinajstić information content (AvgIpc) is 2.55. The van der Waals surface area contributed by atoms with Gasteiger partial charge in [0.25, 0.3) is 0 Å². The lowest BCUT2D eigenvalue weighted by atomic mass is 9.75. The molecule has 104 valence electrons. The molecule has 1 heterocycles. The van der Waals surface area contributed by atoms with Gasteiger partial charge in [-0.05, 0) is 22.5 Å². The number of fused-ring (bicyclic) bond motifs is 1. The van der Waals surface area contributed by atoms with Gasteiger partial charge in [0.15, 0.2) is 11.3 Å². The Hall–Kier alpha value is -1.71. The molecule has 0 saturated heterocycles. The van der Waals surface area contributed by atoms with Crippen molar-refractivity contribution in [2.45, 2.75) is 52.4 Å². The third-order valence-corrected chi connectivity index (χ3v) is 3.15. The first-order valence-corrected chi connectivity index (χ1v) is 6.32. The van der Waals surface area contributed by atoms with E-state index in [9.17, 15) is 9.90 Å². The summed E-state index contributed by atoms with van der Waals surface area (Å²) >= 11 is 0. The van der Waals surface area contributed by atoms with Crippen LogP contribution in [0.1, 0.15) is 52.7 Å². The summed E-state index contributed by atoms with van der Waals surface area (Å²) in [5, 5.41) is 10.0. The van der Waals surface area contributed by atoms with Gasteiger partial charge in [-0.25, -0.2) is 4.79 Å². The maximum atomic E-state index is 11.3. The van der Waals surface area contributed by atoms with E-state index < -0.39 is 5.82 Å². The van der Waals surface area contributed by atoms with Crippen molar-refractivity contribution >= 4 is 11.2 Å². The molecule has 0 saturated carbocycles. The Bertz CT molecular complexity index is 675. The summed E-state index contributed by atoms with van der Waals surface area (Å²) in [6.45, 7) is 12.3. The number of phenolic OH excluding ortho intramolecular Hbond substituents is 1. The molecule has 0 bridgehead atoms. The molecule has 0 amide bonds. The first-order valence-electron chi connectivity index (χ1n) is 6.32. The van der Waals surface area contributed by atoms with Gasteiger partial charge in [-0.3, -0.25) is 0 Å². The highest BCUT2D eigenvalue weighted by Gasteiger charge is 2.31. The summed E-state index contributed by atoms with van der Waals surface area (Å²) in [4.78, 5) is 11.3. The monoisotopic (exact) mass is 264 g/mol. The highest BCUT2D eigenvalue weighted by Crippen LogP contribution is 2.41. The van der Waals surface area contributed by atoms with Gasteiger partial charge in [0.2, 0.25) is 5.58 Å². The second-order valence-electron chi connectivity index (χ2n) is 6.93. The van der Waals surface area contributed by atoms with Crippen molar-refractivity contribution < 1.29 is 13.9 Å². The van der Waals surface area contributed by atoms with E-state index >= 15 is 0 Å². The van der Waals surface area contributed by atoms with E-state index in [1.165, 1.54) is 0 Å². The Morgan fingerprint density at radius 2 is 1.47 bits per heavy atom. The number of aromatic hydroxyl groups is 1. The Balaban J connectivity index is 3.01. The summed E-state index contributed by atoms with van der Waals surface area (Å²) in [6.07, 6.45) is 0. The molecular formula is C15H20O4. The summed E-state index contributed by atoms with van der Waals surface area (Å²) in [5.41, 5.74) is 1.93. The minimum absolute atomic E-state index is 0.0567. The zero-order chi connectivity index (χ0) is 14.6. The topological polar surface area (TPSA) is 63.6 Å². The largest absolute Gasteiger partial charge is 0.519 e. The quantitative estimate of drug-likeness (QED) is 0.788. The molecule has 4 nitrogen and oxygen atoms in total. The van der Waals surface area contributed by atoms with Crippen LogP contribution in [0.2, 0.25) is 0 Å². The average molecular weight is 264 g/mol. The fourth-order valence-corrected chi connectivity index (χ4v) is 2.35. The lowest BCUT2D eigenvalue weighted by Gasteiger charge is -2.29. The molecule has 4 heteroatoms. The second-order valence-corrected chi connectivity index (χ2v) is 6.93. The summed E-state index contributed by atoms with van der Waals surface area (Å²) in [5.74, 6) is -0.847. The lowest BCUT2D eigenvalue weighted by molar-refractivity contribution is 0.399. The van der Waals surface area contributed by atoms with Gasteiger partial charge in [0.1, 0.15) is 0 Å². The molecule has 0 aliphatic heterocycles. The third kappa shape index (κ3) is 2.27. The van der Waals surface area contributed by atoms with E-state index in [1.54, 1.807) is 6.07 Å². The van der Waals surface area contributed by atoms with Crippen LogP contribution in [-0.2, 0) is 10.8 Å². The molecule has 1 aromatic carbocycles. The third-order valence-electron chi connectivity index (χ3n) is 3.15. The van der Waals surface area contributed by atoms with Crippen molar-refractivity contribution in [3.05, 3.63) is 27.8 Å². The van der Waals surface area contributed by atoms with Gasteiger partial charge in [-0.2, -0.15) is 0 Å². The molecule has 1 N–H and O–H groups in total. The van der Waals surface area contributed by atoms with E-state index in [4.69, 9.17) is 8.83 Å². The molecule has 0 radical (unpaired) electrons. The standard InChI is InChI=1S/C15H20O4/c1-14(2,3)8-7-9(16)11-12(19-13(17)18-11)10(8)15(4,5)6/h7,16H,1-6H3. The van der Waals surface area contributed by atoms with Crippen molar-refractivity contribution in [3.8, 4) is 5.75 Å². The van der Waals surface area contributed by atoms with Crippen LogP contribution in [0.5, 0.6) is 5.75 Å². The maximum absolute atomic E-state index is 11.3. The molecule has 2 rings (SSSR count). The Morgan fingerprint density at radius 3 is 1.95 bits per heavy atom. The van der Waals surface area contributed by atoms with Crippen LogP contribution >= 0.6 is 0 Å². The van der Waals surface area contributed by atoms with E-state index in [2.05, 4.69) is 20.8 Å². The SMILES string of the molecule is CC(C)(C)c1cc(O)c2oc(=O)oc2c1C(C)(C)C. The Morgan fingerprint density at radius 1 is 0.947 bits per heavy atom. The maximum Gasteiger partial charge on any atom is 0.519 e. The molecule has 0 atom stereocenters. The zero-order valence-electron chi connectivity index (χ0n) is 12.2. The minimum Gasteiger partial charge on any atom is -0.504 e. The van der Waals surface area contributed by atoms with Crippen LogP contribution in [0, 0.1) is 0 Å². The smallest absolute Gasteiger partial charge is 0.504 e. The highest BCUT2D eigenvalue weighted by atomic mass is 16.6. The summed E-state index contributed by atoms with van der Waals surface area (Å²) < 4.78 is 10.1. The summed E-state index contributed by atoms with van der Waals surface area (Å²) in [7, 11) is 0. The predicted molar refractivity (Wildman–Crippen MR) is 73.8 cm³/mol. The molecule has 0 aliphatic carbocycles. The van der Waals surface area contributed by atoms with Gasteiger partial charge in [-0.1, -0.05) is 41.5 Å². The van der Waals surface area contributed by atoms with Gasteiger partial charge in [0.05, 0.1) is 0 Å². The van der Waals surface area contributed by atoms with Gasteiger partial charge in [0, 0.05) is 5.56 Å². The summed E-state index contributed by atoms with van der Waals surface area (Å²) in [6, 6.07) is 1.67. The number of hydrogen-bond acceptors (Lipinski definition) is 4. The number of rotatable bonds is 0. The van der Waals surface area contributed by atoms with Gasteiger partial charge in [-0.15, -0.1) is 0 Å². The molecular weight excluding hydrogens is 244 g/mol. The fraction of sp³-hybridized carbons (Fsp3) is 0.533. The van der Waals surface area contributed by atoms with Crippen LogP contribution in [0.25, 0.3) is 11.2 Å². The number of benzene rings is 1. The number of hydrogen-bond donors (Lipinski definition) is 1. The predicted octanol–water partition coefficient (Wildman–Crippen LogP) is 3.69. The minimum atomic E-state index is -0.790. The van der Waals surface area contributed by atoms with Crippen molar-refractivity contribution in [2.24, 2.45) is 0 Å². The zero-order valence-corrected chi connectivity index (χ0v) is 12.2.